The zero-order valence-electron chi connectivity index (χ0n) is 10.1. The molecule has 0 amide bonds. The van der Waals surface area contributed by atoms with Crippen LogP contribution < -0.4 is 18.6 Å². The van der Waals surface area contributed by atoms with Crippen LogP contribution in [0.15, 0.2) is 0 Å². The molecule has 0 aliphatic carbocycles. The van der Waals surface area contributed by atoms with E-state index in [4.69, 9.17) is 44.9 Å². The molecule has 0 aromatic rings. The van der Waals surface area contributed by atoms with Crippen molar-refractivity contribution in [2.75, 3.05) is 28.2 Å². The average Bonchev–Trinajstić information content (AvgIpc) is 2.04. The van der Waals surface area contributed by atoms with Gasteiger partial charge in [-0.1, -0.05) is 0 Å². The Morgan fingerprint density at radius 1 is 0.611 bits per heavy atom. The molecular formula is C8H12ClCuN4O4. The second kappa shape index (κ2) is 44.9. The molecule has 0 saturated heterocycles. The van der Waals surface area contributed by atoms with Crippen molar-refractivity contribution in [2.24, 2.45) is 0 Å². The molecule has 8 nitrogen and oxygen atoms in total. The van der Waals surface area contributed by atoms with Gasteiger partial charge >= 0.3 is 17.1 Å². The molecule has 0 radical (unpaired) electrons. The Morgan fingerprint density at radius 3 is 0.611 bits per heavy atom. The summed E-state index contributed by atoms with van der Waals surface area (Å²) in [7, 11) is 0.722. The molecule has 18 heavy (non-hydrogen) atoms. The summed E-state index contributed by atoms with van der Waals surface area (Å²) < 4.78 is 34.0. The quantitative estimate of drug-likeness (QED) is 0.358. The third kappa shape index (κ3) is 1400. The Bertz CT molecular complexity index is 228. The maximum absolute atomic E-state index is 8.49. The zero-order chi connectivity index (χ0) is 15.3. The summed E-state index contributed by atoms with van der Waals surface area (Å²) in [6.07, 6.45) is 0. The maximum atomic E-state index is 8.49. The second-order valence-electron chi connectivity index (χ2n) is 1.27. The molecule has 0 aromatic heterocycles. The van der Waals surface area contributed by atoms with E-state index in [0.717, 1.165) is 0 Å². The molecule has 0 spiro atoms. The summed E-state index contributed by atoms with van der Waals surface area (Å²) in [6, 6.07) is 0. The third-order valence-corrected chi connectivity index (χ3v) is 0. The molecule has 0 atom stereocenters. The van der Waals surface area contributed by atoms with Crippen molar-refractivity contribution in [3.8, 4) is 0 Å². The third-order valence-electron chi connectivity index (χ3n) is 0. The zero-order valence-corrected chi connectivity index (χ0v) is 11.8. The van der Waals surface area contributed by atoms with Gasteiger partial charge in [0.1, 0.15) is 0 Å². The van der Waals surface area contributed by atoms with E-state index in [9.17, 15) is 0 Å². The number of rotatable bonds is 0. The van der Waals surface area contributed by atoms with Crippen LogP contribution in [0.3, 0.4) is 0 Å². The van der Waals surface area contributed by atoms with E-state index >= 15 is 0 Å². The summed E-state index contributed by atoms with van der Waals surface area (Å²) in [5.74, 6) is 0. The topological polar surface area (TPSA) is 110 Å². The summed E-state index contributed by atoms with van der Waals surface area (Å²) in [5, 5.41) is 0. The first-order chi connectivity index (χ1) is 7.66. The summed E-state index contributed by atoms with van der Waals surface area (Å²) in [4.78, 5) is 11.0. The Balaban J connectivity index is -0.0000000252. The van der Waals surface area contributed by atoms with Gasteiger partial charge in [0, 0.05) is 0 Å². The number of hydrogen-bond acceptors (Lipinski definition) is 4. The monoisotopic (exact) mass is 326 g/mol. The van der Waals surface area contributed by atoms with E-state index in [1.807, 2.05) is 0 Å². The van der Waals surface area contributed by atoms with Crippen molar-refractivity contribution in [1.82, 2.24) is 0 Å². The van der Waals surface area contributed by atoms with Crippen molar-refractivity contribution >= 4 is 0 Å². The standard InChI is InChI=1S/4C2H3N.ClHO4.Cu/c4*1-3-2;2-1(3,4)5;/h4*1H3;(H,2,3,4,5);/q;;;;;+1/p-1. The van der Waals surface area contributed by atoms with Crippen LogP contribution in [0.1, 0.15) is 0 Å². The van der Waals surface area contributed by atoms with Gasteiger partial charge in [-0.25, -0.2) is 44.9 Å². The van der Waals surface area contributed by atoms with Crippen LogP contribution in [0.25, 0.3) is 19.4 Å². The van der Waals surface area contributed by atoms with E-state index in [0.29, 0.717) is 0 Å². The van der Waals surface area contributed by atoms with Crippen molar-refractivity contribution in [1.29, 1.82) is 0 Å². The van der Waals surface area contributed by atoms with Crippen molar-refractivity contribution in [3.63, 3.8) is 0 Å². The normalized spacial score (nSPS) is 5.11. The Kier molecular flexibility index (Phi) is 89.8. The molecule has 0 saturated carbocycles. The first-order valence-corrected chi connectivity index (χ1v) is 4.53. The van der Waals surface area contributed by atoms with Gasteiger partial charge in [0.05, 0.1) is 0 Å². The SMILES string of the molecule is [C-]#[N+]C.[C-]#[N+]C.[C-]#[N+]C.[C-]#[N+]C.[Cu+].[O-][Cl+3]([O-])([O-])[O-]. The summed E-state index contributed by atoms with van der Waals surface area (Å²) >= 11 is 0. The summed E-state index contributed by atoms with van der Waals surface area (Å²) in [5.41, 5.74) is 0. The van der Waals surface area contributed by atoms with Crippen LogP contribution in [0, 0.1) is 36.5 Å². The molecule has 0 fully saturated rings. The number of halogens is 1. The first kappa shape index (κ1) is 36.0. The number of hydrogen-bond donors (Lipinski definition) is 0. The minimum atomic E-state index is -4.94. The Morgan fingerprint density at radius 2 is 0.611 bits per heavy atom. The van der Waals surface area contributed by atoms with Gasteiger partial charge in [-0.05, 0) is 0 Å². The molecule has 0 rings (SSSR count). The van der Waals surface area contributed by atoms with Gasteiger partial charge in [-0.3, -0.25) is 0 Å². The predicted molar refractivity (Wildman–Crippen MR) is 50.1 cm³/mol. The van der Waals surface area contributed by atoms with E-state index in [1.165, 1.54) is 28.2 Å². The van der Waals surface area contributed by atoms with Crippen molar-refractivity contribution in [3.05, 3.63) is 45.7 Å². The van der Waals surface area contributed by atoms with Gasteiger partial charge < -0.3 is 19.4 Å². The fourth-order valence-electron chi connectivity index (χ4n) is 0. The molecular weight excluding hydrogens is 315 g/mol. The molecule has 0 heterocycles. The van der Waals surface area contributed by atoms with Gasteiger partial charge in [0.25, 0.3) is 0 Å². The van der Waals surface area contributed by atoms with Crippen molar-refractivity contribution < 1.29 is 45.9 Å². The second-order valence-corrected chi connectivity index (χ2v) is 2.03. The Hall–Kier alpha value is -1.39. The largest absolute Gasteiger partial charge is 1.00 e. The van der Waals surface area contributed by atoms with Gasteiger partial charge in [0.2, 0.25) is 28.2 Å². The molecule has 0 aliphatic heterocycles. The molecule has 10 heteroatoms. The van der Waals surface area contributed by atoms with Gasteiger partial charge in [0.15, 0.2) is 0 Å². The minimum absolute atomic E-state index is 0. The summed E-state index contributed by atoms with van der Waals surface area (Å²) in [6.45, 7) is 23.3. The minimum Gasteiger partial charge on any atom is -0.320 e. The molecule has 0 unspecified atom stereocenters. The Labute approximate surface area is 120 Å². The van der Waals surface area contributed by atoms with Crippen LogP contribution in [0.2, 0.25) is 0 Å². The number of nitrogens with zero attached hydrogens (tertiary/aromatic N) is 4. The van der Waals surface area contributed by atoms with Crippen LogP contribution >= 0.6 is 0 Å². The average molecular weight is 327 g/mol. The predicted octanol–water partition coefficient (Wildman–Crippen LogP) is -2.62. The molecule has 0 aliphatic rings. The van der Waals surface area contributed by atoms with E-state index in [2.05, 4.69) is 19.4 Å². The van der Waals surface area contributed by atoms with Crippen LogP contribution in [0.4, 0.5) is 0 Å². The molecule has 0 aromatic carbocycles. The van der Waals surface area contributed by atoms with Gasteiger partial charge in [-0.2, -0.15) is 0 Å². The van der Waals surface area contributed by atoms with E-state index < -0.39 is 10.2 Å². The van der Waals surface area contributed by atoms with E-state index in [-0.39, 0.29) is 17.1 Å². The van der Waals surface area contributed by atoms with Crippen molar-refractivity contribution in [2.45, 2.75) is 0 Å². The van der Waals surface area contributed by atoms with Crippen LogP contribution in [-0.4, -0.2) is 28.2 Å². The fourth-order valence-corrected chi connectivity index (χ4v) is 0. The molecule has 0 bridgehead atoms. The van der Waals surface area contributed by atoms with Gasteiger partial charge in [-0.15, -0.1) is 10.2 Å². The van der Waals surface area contributed by atoms with E-state index in [1.54, 1.807) is 0 Å². The fraction of sp³-hybridized carbons (Fsp3) is 0.500. The van der Waals surface area contributed by atoms with Crippen LogP contribution in [-0.2, 0) is 17.1 Å². The molecule has 106 valence electrons. The maximum Gasteiger partial charge on any atom is 1.00 e. The smallest absolute Gasteiger partial charge is 0.320 e. The molecule has 0 N–H and O–H groups in total. The van der Waals surface area contributed by atoms with Crippen LogP contribution in [0.5, 0.6) is 0 Å². The first-order valence-electron chi connectivity index (χ1n) is 3.30.